The topological polar surface area (TPSA) is 18.5 Å². The summed E-state index contributed by atoms with van der Waals surface area (Å²) in [6.45, 7) is 4.94. The second-order valence-electron chi connectivity index (χ2n) is 4.86. The molecule has 0 aromatic heterocycles. The zero-order valence-electron chi connectivity index (χ0n) is 9.50. The van der Waals surface area contributed by atoms with E-state index in [0.29, 0.717) is 0 Å². The van der Waals surface area contributed by atoms with Crippen LogP contribution in [0.15, 0.2) is 0 Å². The predicted octanol–water partition coefficient (Wildman–Crippen LogP) is 0.374. The zero-order chi connectivity index (χ0) is 9.97. The Kier molecular flexibility index (Phi) is 3.42. The van der Waals surface area contributed by atoms with Gasteiger partial charge in [-0.1, -0.05) is 0 Å². The lowest BCUT2D eigenvalue weighted by atomic mass is 10.1. The lowest BCUT2D eigenvalue weighted by Crippen LogP contribution is -2.42. The van der Waals surface area contributed by atoms with Crippen LogP contribution in [-0.4, -0.2) is 62.2 Å². The number of hydrogen-bond acceptors (Lipinski definition) is 3. The van der Waals surface area contributed by atoms with Crippen molar-refractivity contribution in [3.63, 3.8) is 0 Å². The molecule has 0 aromatic rings. The molecule has 2 saturated heterocycles. The molecule has 0 amide bonds. The summed E-state index contributed by atoms with van der Waals surface area (Å²) in [5.41, 5.74) is 0. The number of hydrogen-bond donors (Lipinski definition) is 1. The van der Waals surface area contributed by atoms with Crippen LogP contribution in [0.4, 0.5) is 0 Å². The Labute approximate surface area is 87.4 Å². The maximum Gasteiger partial charge on any atom is 0.0230 e. The highest BCUT2D eigenvalue weighted by Gasteiger charge is 2.26. The van der Waals surface area contributed by atoms with Crippen LogP contribution >= 0.6 is 0 Å². The quantitative estimate of drug-likeness (QED) is 0.705. The van der Waals surface area contributed by atoms with E-state index in [1.165, 1.54) is 45.4 Å². The molecular weight excluding hydrogens is 174 g/mol. The van der Waals surface area contributed by atoms with E-state index in [2.05, 4.69) is 29.2 Å². The standard InChI is InChI=1S/C11H23N3/c1-13-7-3-4-11(13)9-14(2)10-5-6-12-8-10/h10-12H,3-9H2,1-2H3. The molecule has 0 bridgehead atoms. The van der Waals surface area contributed by atoms with E-state index in [1.54, 1.807) is 0 Å². The van der Waals surface area contributed by atoms with Gasteiger partial charge in [0.05, 0.1) is 0 Å². The number of likely N-dealkylation sites (tertiary alicyclic amines) is 1. The molecule has 14 heavy (non-hydrogen) atoms. The molecule has 3 nitrogen and oxygen atoms in total. The highest BCUT2D eigenvalue weighted by atomic mass is 15.2. The van der Waals surface area contributed by atoms with Crippen LogP contribution in [-0.2, 0) is 0 Å². The van der Waals surface area contributed by atoms with Crippen molar-refractivity contribution in [2.75, 3.05) is 40.3 Å². The molecule has 82 valence electrons. The maximum absolute atomic E-state index is 3.43. The van der Waals surface area contributed by atoms with E-state index >= 15 is 0 Å². The minimum Gasteiger partial charge on any atom is -0.315 e. The molecule has 2 aliphatic rings. The number of nitrogens with one attached hydrogen (secondary N) is 1. The van der Waals surface area contributed by atoms with Gasteiger partial charge in [0, 0.05) is 25.2 Å². The van der Waals surface area contributed by atoms with Crippen LogP contribution in [0.5, 0.6) is 0 Å². The van der Waals surface area contributed by atoms with Gasteiger partial charge >= 0.3 is 0 Å². The van der Waals surface area contributed by atoms with Gasteiger partial charge in [0.2, 0.25) is 0 Å². The van der Waals surface area contributed by atoms with E-state index in [9.17, 15) is 0 Å². The Morgan fingerprint density at radius 1 is 1.43 bits per heavy atom. The number of likely N-dealkylation sites (N-methyl/N-ethyl adjacent to an activating group) is 2. The van der Waals surface area contributed by atoms with Gasteiger partial charge in [0.15, 0.2) is 0 Å². The third kappa shape index (κ3) is 2.27. The first kappa shape index (κ1) is 10.4. The average Bonchev–Trinajstić information content (AvgIpc) is 2.77. The van der Waals surface area contributed by atoms with Gasteiger partial charge < -0.3 is 15.1 Å². The molecule has 2 atom stereocenters. The van der Waals surface area contributed by atoms with Crippen molar-refractivity contribution in [1.29, 1.82) is 0 Å². The lowest BCUT2D eigenvalue weighted by molar-refractivity contribution is 0.184. The van der Waals surface area contributed by atoms with Gasteiger partial charge in [0.1, 0.15) is 0 Å². The molecule has 1 N–H and O–H groups in total. The predicted molar refractivity (Wildman–Crippen MR) is 59.6 cm³/mol. The van der Waals surface area contributed by atoms with Crippen molar-refractivity contribution in [2.45, 2.75) is 31.3 Å². The molecule has 2 heterocycles. The van der Waals surface area contributed by atoms with Gasteiger partial charge in [-0.15, -0.1) is 0 Å². The summed E-state index contributed by atoms with van der Waals surface area (Å²) in [6, 6.07) is 1.59. The third-order valence-corrected chi connectivity index (χ3v) is 3.83. The van der Waals surface area contributed by atoms with Crippen molar-refractivity contribution < 1.29 is 0 Å². The Balaban J connectivity index is 1.78. The summed E-state index contributed by atoms with van der Waals surface area (Å²) >= 11 is 0. The fourth-order valence-electron chi connectivity index (χ4n) is 2.71. The minimum absolute atomic E-state index is 0.781. The maximum atomic E-state index is 3.43. The smallest absolute Gasteiger partial charge is 0.0230 e. The van der Waals surface area contributed by atoms with Crippen molar-refractivity contribution >= 4 is 0 Å². The fourth-order valence-corrected chi connectivity index (χ4v) is 2.71. The summed E-state index contributed by atoms with van der Waals surface area (Å²) < 4.78 is 0. The number of rotatable bonds is 3. The summed E-state index contributed by atoms with van der Waals surface area (Å²) in [5, 5.41) is 3.43. The Morgan fingerprint density at radius 3 is 2.86 bits per heavy atom. The van der Waals surface area contributed by atoms with Gasteiger partial charge in [-0.05, 0) is 46.4 Å². The monoisotopic (exact) mass is 197 g/mol. The summed E-state index contributed by atoms with van der Waals surface area (Å²) in [4.78, 5) is 5.06. The Bertz CT molecular complexity index is 177. The second kappa shape index (κ2) is 4.60. The third-order valence-electron chi connectivity index (χ3n) is 3.83. The van der Waals surface area contributed by atoms with Crippen molar-refractivity contribution in [3.8, 4) is 0 Å². The van der Waals surface area contributed by atoms with E-state index in [4.69, 9.17) is 0 Å². The van der Waals surface area contributed by atoms with Crippen LogP contribution in [0.25, 0.3) is 0 Å². The minimum atomic E-state index is 0.781. The van der Waals surface area contributed by atoms with Crippen LogP contribution in [0.2, 0.25) is 0 Å². The zero-order valence-corrected chi connectivity index (χ0v) is 9.50. The Morgan fingerprint density at radius 2 is 2.29 bits per heavy atom. The first-order valence-corrected chi connectivity index (χ1v) is 5.88. The SMILES string of the molecule is CN1CCCC1CN(C)C1CCNC1. The fraction of sp³-hybridized carbons (Fsp3) is 1.00. The van der Waals surface area contributed by atoms with Crippen LogP contribution in [0, 0.1) is 0 Å². The lowest BCUT2D eigenvalue weighted by Gasteiger charge is -2.29. The van der Waals surface area contributed by atoms with E-state index < -0.39 is 0 Å². The van der Waals surface area contributed by atoms with Crippen molar-refractivity contribution in [1.82, 2.24) is 15.1 Å². The average molecular weight is 197 g/mol. The molecule has 0 aliphatic carbocycles. The molecule has 2 fully saturated rings. The highest BCUT2D eigenvalue weighted by Crippen LogP contribution is 2.17. The van der Waals surface area contributed by atoms with Crippen LogP contribution < -0.4 is 5.32 Å². The van der Waals surface area contributed by atoms with Crippen LogP contribution in [0.1, 0.15) is 19.3 Å². The molecule has 0 radical (unpaired) electrons. The summed E-state index contributed by atoms with van der Waals surface area (Å²) in [5.74, 6) is 0. The molecule has 2 aliphatic heterocycles. The molecular formula is C11H23N3. The Hall–Kier alpha value is -0.120. The first-order valence-electron chi connectivity index (χ1n) is 5.88. The van der Waals surface area contributed by atoms with Crippen LogP contribution in [0.3, 0.4) is 0 Å². The van der Waals surface area contributed by atoms with Gasteiger partial charge in [-0.25, -0.2) is 0 Å². The molecule has 3 heteroatoms. The summed E-state index contributed by atoms with van der Waals surface area (Å²) in [6.07, 6.45) is 4.10. The number of nitrogens with zero attached hydrogens (tertiary/aromatic N) is 2. The van der Waals surface area contributed by atoms with Gasteiger partial charge in [-0.2, -0.15) is 0 Å². The van der Waals surface area contributed by atoms with Crippen molar-refractivity contribution in [2.24, 2.45) is 0 Å². The largest absolute Gasteiger partial charge is 0.315 e. The molecule has 2 unspecified atom stereocenters. The van der Waals surface area contributed by atoms with Gasteiger partial charge in [-0.3, -0.25) is 0 Å². The van der Waals surface area contributed by atoms with E-state index in [1.807, 2.05) is 0 Å². The van der Waals surface area contributed by atoms with E-state index in [-0.39, 0.29) is 0 Å². The molecule has 0 saturated carbocycles. The van der Waals surface area contributed by atoms with Gasteiger partial charge in [0.25, 0.3) is 0 Å². The van der Waals surface area contributed by atoms with E-state index in [0.717, 1.165) is 12.1 Å². The molecule has 0 aromatic carbocycles. The normalized spacial score (nSPS) is 34.5. The second-order valence-corrected chi connectivity index (χ2v) is 4.86. The summed E-state index contributed by atoms with van der Waals surface area (Å²) in [7, 11) is 4.54. The highest BCUT2D eigenvalue weighted by molar-refractivity contribution is 4.84. The first-order chi connectivity index (χ1) is 6.77. The molecule has 0 spiro atoms. The van der Waals surface area contributed by atoms with Crippen molar-refractivity contribution in [3.05, 3.63) is 0 Å². The molecule has 2 rings (SSSR count).